The van der Waals surface area contributed by atoms with Gasteiger partial charge in [-0.05, 0) is 46.3 Å². The van der Waals surface area contributed by atoms with Crippen molar-refractivity contribution in [1.29, 1.82) is 0 Å². The van der Waals surface area contributed by atoms with Crippen LogP contribution >= 0.6 is 27.5 Å². The van der Waals surface area contributed by atoms with Gasteiger partial charge in [-0.1, -0.05) is 23.7 Å². The summed E-state index contributed by atoms with van der Waals surface area (Å²) in [5.41, 5.74) is 0.289. The second-order valence-corrected chi connectivity index (χ2v) is 7.13. The number of hydrogen-bond acceptors (Lipinski definition) is 4. The first-order valence-corrected chi connectivity index (χ1v) is 8.66. The van der Waals surface area contributed by atoms with E-state index in [1.165, 1.54) is 31.4 Å². The highest BCUT2D eigenvalue weighted by Gasteiger charge is 2.19. The summed E-state index contributed by atoms with van der Waals surface area (Å²) >= 11 is 9.09. The normalized spacial score (nSPS) is 11.0. The van der Waals surface area contributed by atoms with Gasteiger partial charge in [-0.3, -0.25) is 4.72 Å². The van der Waals surface area contributed by atoms with E-state index in [2.05, 4.69) is 25.4 Å². The summed E-state index contributed by atoms with van der Waals surface area (Å²) in [7, 11) is -2.58. The van der Waals surface area contributed by atoms with E-state index < -0.39 is 16.0 Å². The van der Waals surface area contributed by atoms with E-state index >= 15 is 0 Å². The number of ether oxygens (including phenoxy) is 1. The third-order valence-corrected chi connectivity index (χ3v) is 5.47. The summed E-state index contributed by atoms with van der Waals surface area (Å²) < 4.78 is 32.2. The highest BCUT2D eigenvalue weighted by molar-refractivity contribution is 9.10. The Morgan fingerprint density at radius 3 is 2.55 bits per heavy atom. The van der Waals surface area contributed by atoms with Crippen molar-refractivity contribution in [2.75, 3.05) is 11.8 Å². The zero-order valence-corrected chi connectivity index (χ0v) is 14.5. The molecule has 2 aromatic carbocycles. The topological polar surface area (TPSA) is 72.5 Å². The minimum absolute atomic E-state index is 0.0801. The molecule has 116 valence electrons. The molecule has 0 amide bonds. The molecule has 0 atom stereocenters. The largest absolute Gasteiger partial charge is 0.465 e. The summed E-state index contributed by atoms with van der Waals surface area (Å²) in [6.45, 7) is 0. The van der Waals surface area contributed by atoms with Crippen molar-refractivity contribution in [2.24, 2.45) is 0 Å². The molecule has 5 nitrogen and oxygen atoms in total. The molecule has 0 aromatic heterocycles. The van der Waals surface area contributed by atoms with Crippen molar-refractivity contribution in [3.8, 4) is 0 Å². The fraction of sp³-hybridized carbons (Fsp3) is 0.0714. The van der Waals surface area contributed by atoms with Crippen molar-refractivity contribution >= 4 is 49.2 Å². The summed E-state index contributed by atoms with van der Waals surface area (Å²) in [4.78, 5) is 11.7. The Labute approximate surface area is 141 Å². The number of benzene rings is 2. The van der Waals surface area contributed by atoms with Gasteiger partial charge in [0, 0.05) is 10.2 Å². The molecule has 0 aliphatic carbocycles. The van der Waals surface area contributed by atoms with Gasteiger partial charge in [-0.15, -0.1) is 0 Å². The fourth-order valence-corrected chi connectivity index (χ4v) is 3.98. The second-order valence-electron chi connectivity index (χ2n) is 4.22. The van der Waals surface area contributed by atoms with Crippen LogP contribution in [-0.4, -0.2) is 21.5 Å². The van der Waals surface area contributed by atoms with E-state index in [0.29, 0.717) is 4.47 Å². The molecule has 0 bridgehead atoms. The number of sulfonamides is 1. The minimum atomic E-state index is -3.80. The van der Waals surface area contributed by atoms with Gasteiger partial charge in [0.25, 0.3) is 10.0 Å². The second kappa shape index (κ2) is 6.68. The minimum Gasteiger partial charge on any atom is -0.465 e. The fourth-order valence-electron chi connectivity index (χ4n) is 1.73. The Morgan fingerprint density at radius 1 is 1.23 bits per heavy atom. The Bertz CT molecular complexity index is 823. The van der Waals surface area contributed by atoms with Gasteiger partial charge in [0.2, 0.25) is 0 Å². The number of carbonyl (C=O) groups excluding carboxylic acids is 1. The van der Waals surface area contributed by atoms with Crippen LogP contribution in [0.15, 0.2) is 51.8 Å². The molecular formula is C14H11BrClNO4S. The molecule has 8 heteroatoms. The molecule has 0 radical (unpaired) electrons. The van der Waals surface area contributed by atoms with E-state index in [9.17, 15) is 13.2 Å². The van der Waals surface area contributed by atoms with E-state index in [-0.39, 0.29) is 21.2 Å². The molecule has 0 saturated carbocycles. The van der Waals surface area contributed by atoms with Gasteiger partial charge in [0.1, 0.15) is 4.90 Å². The van der Waals surface area contributed by atoms with Crippen LogP contribution in [0.3, 0.4) is 0 Å². The number of rotatable bonds is 4. The van der Waals surface area contributed by atoms with E-state index in [0.717, 1.165) is 0 Å². The monoisotopic (exact) mass is 403 g/mol. The number of halogens is 2. The molecule has 1 N–H and O–H groups in total. The van der Waals surface area contributed by atoms with Crippen LogP contribution in [0.25, 0.3) is 0 Å². The molecule has 0 fully saturated rings. The quantitative estimate of drug-likeness (QED) is 0.789. The van der Waals surface area contributed by atoms with Crippen molar-refractivity contribution in [1.82, 2.24) is 0 Å². The average Bonchev–Trinajstić information content (AvgIpc) is 2.48. The third kappa shape index (κ3) is 3.60. The summed E-state index contributed by atoms with van der Waals surface area (Å²) in [5, 5.41) is 0.177. The summed E-state index contributed by atoms with van der Waals surface area (Å²) in [6, 6.07) is 10.6. The van der Waals surface area contributed by atoms with Crippen molar-refractivity contribution in [3.05, 3.63) is 57.5 Å². The van der Waals surface area contributed by atoms with Gasteiger partial charge in [0.15, 0.2) is 0 Å². The molecule has 0 spiro atoms. The van der Waals surface area contributed by atoms with E-state index in [4.69, 9.17) is 11.6 Å². The van der Waals surface area contributed by atoms with Crippen LogP contribution in [0.5, 0.6) is 0 Å². The standard InChI is InChI=1S/C14H11BrClNO4S/c1-21-14(18)10-8-9(6-7-12(10)16)17-22(19,20)13-5-3-2-4-11(13)15/h2-8,17H,1H3. The highest BCUT2D eigenvalue weighted by atomic mass is 79.9. The zero-order chi connectivity index (χ0) is 16.3. The third-order valence-electron chi connectivity index (χ3n) is 2.75. The predicted octanol–water partition coefficient (Wildman–Crippen LogP) is 3.69. The molecule has 22 heavy (non-hydrogen) atoms. The Balaban J connectivity index is 2.39. The smallest absolute Gasteiger partial charge is 0.339 e. The van der Waals surface area contributed by atoms with Gasteiger partial charge in [0.05, 0.1) is 17.7 Å². The lowest BCUT2D eigenvalue weighted by atomic mass is 10.2. The molecule has 0 saturated heterocycles. The Kier molecular flexibility index (Phi) is 5.10. The Hall–Kier alpha value is -1.57. The molecule has 0 heterocycles. The van der Waals surface area contributed by atoms with Crippen LogP contribution in [0, 0.1) is 0 Å². The molecule has 2 rings (SSSR count). The number of nitrogens with one attached hydrogen (secondary N) is 1. The Morgan fingerprint density at radius 2 is 1.91 bits per heavy atom. The van der Waals surface area contributed by atoms with Crippen LogP contribution < -0.4 is 4.72 Å². The van der Waals surface area contributed by atoms with Gasteiger partial charge in [-0.25, -0.2) is 13.2 Å². The SMILES string of the molecule is COC(=O)c1cc(NS(=O)(=O)c2ccccc2Br)ccc1Cl. The van der Waals surface area contributed by atoms with Gasteiger partial charge >= 0.3 is 5.97 Å². The average molecular weight is 405 g/mol. The number of carbonyl (C=O) groups is 1. The summed E-state index contributed by atoms with van der Waals surface area (Å²) in [5.74, 6) is -0.646. The molecule has 2 aromatic rings. The zero-order valence-electron chi connectivity index (χ0n) is 11.3. The van der Waals surface area contributed by atoms with Gasteiger partial charge < -0.3 is 4.74 Å². The van der Waals surface area contributed by atoms with Gasteiger partial charge in [-0.2, -0.15) is 0 Å². The number of esters is 1. The maximum atomic E-state index is 12.4. The number of anilines is 1. The molecule has 0 unspecified atom stereocenters. The lowest BCUT2D eigenvalue weighted by molar-refractivity contribution is 0.0601. The molecule has 0 aliphatic heterocycles. The number of methoxy groups -OCH3 is 1. The molecular weight excluding hydrogens is 394 g/mol. The highest BCUT2D eigenvalue weighted by Crippen LogP contribution is 2.26. The number of hydrogen-bond donors (Lipinski definition) is 1. The first kappa shape index (κ1) is 16.8. The van der Waals surface area contributed by atoms with Crippen molar-refractivity contribution in [3.63, 3.8) is 0 Å². The molecule has 0 aliphatic rings. The predicted molar refractivity (Wildman–Crippen MR) is 87.7 cm³/mol. The van der Waals surface area contributed by atoms with Crippen LogP contribution in [0.2, 0.25) is 5.02 Å². The van der Waals surface area contributed by atoms with E-state index in [1.807, 2.05) is 0 Å². The maximum Gasteiger partial charge on any atom is 0.339 e. The lowest BCUT2D eigenvalue weighted by Gasteiger charge is -2.11. The van der Waals surface area contributed by atoms with E-state index in [1.54, 1.807) is 18.2 Å². The summed E-state index contributed by atoms with van der Waals surface area (Å²) in [6.07, 6.45) is 0. The lowest BCUT2D eigenvalue weighted by Crippen LogP contribution is -2.14. The maximum absolute atomic E-state index is 12.4. The first-order valence-electron chi connectivity index (χ1n) is 6.00. The van der Waals surface area contributed by atoms with Crippen LogP contribution in [0.4, 0.5) is 5.69 Å². The first-order chi connectivity index (χ1) is 10.3. The van der Waals surface area contributed by atoms with Crippen LogP contribution in [0.1, 0.15) is 10.4 Å². The van der Waals surface area contributed by atoms with Crippen molar-refractivity contribution < 1.29 is 17.9 Å². The van der Waals surface area contributed by atoms with Crippen molar-refractivity contribution in [2.45, 2.75) is 4.90 Å². The van der Waals surface area contributed by atoms with Crippen LogP contribution in [-0.2, 0) is 14.8 Å².